The van der Waals surface area contributed by atoms with Crippen molar-refractivity contribution in [1.29, 1.82) is 0 Å². The van der Waals surface area contributed by atoms with Crippen LogP contribution in [0.1, 0.15) is 10.4 Å². The molecular formula is C16H11Cl2N3O2S. The maximum atomic E-state index is 12.3. The van der Waals surface area contributed by atoms with Gasteiger partial charge in [-0.25, -0.2) is 0 Å². The van der Waals surface area contributed by atoms with Crippen LogP contribution in [-0.4, -0.2) is 23.2 Å². The SMILES string of the molecule is COc1ccccc1-c1nnc(NC(=O)c2ccc(Cl)cc2Cl)s1. The van der Waals surface area contributed by atoms with Crippen LogP contribution in [-0.2, 0) is 0 Å². The van der Waals surface area contributed by atoms with E-state index in [2.05, 4.69) is 15.5 Å². The van der Waals surface area contributed by atoms with Gasteiger partial charge in [0.25, 0.3) is 5.91 Å². The molecule has 0 saturated carbocycles. The Morgan fingerprint density at radius 3 is 2.71 bits per heavy atom. The van der Waals surface area contributed by atoms with Crippen molar-refractivity contribution in [3.63, 3.8) is 0 Å². The van der Waals surface area contributed by atoms with E-state index in [0.717, 1.165) is 5.56 Å². The van der Waals surface area contributed by atoms with Gasteiger partial charge in [0.2, 0.25) is 5.13 Å². The quantitative estimate of drug-likeness (QED) is 0.708. The molecule has 0 aliphatic rings. The van der Waals surface area contributed by atoms with Crippen LogP contribution in [0.3, 0.4) is 0 Å². The lowest BCUT2D eigenvalue weighted by atomic mass is 10.2. The van der Waals surface area contributed by atoms with Crippen molar-refractivity contribution < 1.29 is 9.53 Å². The van der Waals surface area contributed by atoms with Gasteiger partial charge in [-0.1, -0.05) is 46.7 Å². The second-order valence-corrected chi connectivity index (χ2v) is 6.51. The zero-order valence-corrected chi connectivity index (χ0v) is 14.7. The Hall–Kier alpha value is -2.15. The van der Waals surface area contributed by atoms with E-state index >= 15 is 0 Å². The number of carbonyl (C=O) groups excluding carboxylic acids is 1. The second kappa shape index (κ2) is 7.17. The maximum Gasteiger partial charge on any atom is 0.259 e. The van der Waals surface area contributed by atoms with E-state index in [1.165, 1.54) is 17.4 Å². The number of aromatic nitrogens is 2. The summed E-state index contributed by atoms with van der Waals surface area (Å²) in [4.78, 5) is 12.3. The lowest BCUT2D eigenvalue weighted by Crippen LogP contribution is -2.12. The molecule has 3 aromatic rings. The summed E-state index contributed by atoms with van der Waals surface area (Å²) in [5.41, 5.74) is 1.12. The van der Waals surface area contributed by atoms with Crippen LogP contribution in [0.25, 0.3) is 10.6 Å². The highest BCUT2D eigenvalue weighted by atomic mass is 35.5. The Balaban J connectivity index is 1.82. The number of para-hydroxylation sites is 1. The van der Waals surface area contributed by atoms with Gasteiger partial charge in [-0.2, -0.15) is 0 Å². The summed E-state index contributed by atoms with van der Waals surface area (Å²) in [5.74, 6) is 0.312. The first-order valence-electron chi connectivity index (χ1n) is 6.82. The molecule has 1 aromatic heterocycles. The first-order chi connectivity index (χ1) is 11.6. The number of nitrogens with zero attached hydrogens (tertiary/aromatic N) is 2. The Kier molecular flexibility index (Phi) is 4.99. The molecule has 24 heavy (non-hydrogen) atoms. The number of amides is 1. The van der Waals surface area contributed by atoms with Crippen LogP contribution in [0.15, 0.2) is 42.5 Å². The normalized spacial score (nSPS) is 10.5. The minimum atomic E-state index is -0.376. The molecule has 0 atom stereocenters. The number of nitrogens with one attached hydrogen (secondary N) is 1. The standard InChI is InChI=1S/C16H11Cl2N3O2S/c1-23-13-5-3-2-4-11(13)15-20-21-16(24-15)19-14(22)10-7-6-9(17)8-12(10)18/h2-8H,1H3,(H,19,21,22). The van der Waals surface area contributed by atoms with Crippen molar-refractivity contribution in [3.8, 4) is 16.3 Å². The molecule has 122 valence electrons. The van der Waals surface area contributed by atoms with Gasteiger partial charge in [0.05, 0.1) is 23.3 Å². The third-order valence-electron chi connectivity index (χ3n) is 3.16. The summed E-state index contributed by atoms with van der Waals surface area (Å²) in [6, 6.07) is 12.1. The molecule has 0 aliphatic heterocycles. The third-order valence-corrected chi connectivity index (χ3v) is 4.58. The van der Waals surface area contributed by atoms with Crippen LogP contribution < -0.4 is 10.1 Å². The van der Waals surface area contributed by atoms with Gasteiger partial charge in [0.15, 0.2) is 5.01 Å². The highest BCUT2D eigenvalue weighted by Gasteiger charge is 2.15. The minimum absolute atomic E-state index is 0.273. The lowest BCUT2D eigenvalue weighted by molar-refractivity contribution is 0.102. The number of hydrogen-bond donors (Lipinski definition) is 1. The number of rotatable bonds is 4. The van der Waals surface area contributed by atoms with Crippen LogP contribution >= 0.6 is 34.5 Å². The Labute approximate surface area is 152 Å². The highest BCUT2D eigenvalue weighted by molar-refractivity contribution is 7.18. The summed E-state index contributed by atoms with van der Waals surface area (Å²) >= 11 is 13.1. The smallest absolute Gasteiger partial charge is 0.259 e. The van der Waals surface area contributed by atoms with Gasteiger partial charge in [-0.3, -0.25) is 10.1 Å². The van der Waals surface area contributed by atoms with E-state index in [9.17, 15) is 4.79 Å². The number of anilines is 1. The van der Waals surface area contributed by atoms with Crippen molar-refractivity contribution >= 4 is 45.6 Å². The van der Waals surface area contributed by atoms with Crippen molar-refractivity contribution in [1.82, 2.24) is 10.2 Å². The monoisotopic (exact) mass is 379 g/mol. The van der Waals surface area contributed by atoms with Gasteiger partial charge < -0.3 is 4.74 Å². The summed E-state index contributed by atoms with van der Waals surface area (Å²) in [6.45, 7) is 0. The Morgan fingerprint density at radius 1 is 1.17 bits per heavy atom. The van der Waals surface area contributed by atoms with Gasteiger partial charge >= 0.3 is 0 Å². The number of hydrogen-bond acceptors (Lipinski definition) is 5. The number of ether oxygens (including phenoxy) is 1. The molecule has 0 fully saturated rings. The van der Waals surface area contributed by atoms with Gasteiger partial charge in [-0.15, -0.1) is 10.2 Å². The van der Waals surface area contributed by atoms with Crippen LogP contribution in [0, 0.1) is 0 Å². The molecule has 1 amide bonds. The van der Waals surface area contributed by atoms with Crippen LogP contribution in [0.4, 0.5) is 5.13 Å². The molecule has 8 heteroatoms. The number of carbonyl (C=O) groups is 1. The van der Waals surface area contributed by atoms with Crippen molar-refractivity contribution in [2.45, 2.75) is 0 Å². The highest BCUT2D eigenvalue weighted by Crippen LogP contribution is 2.33. The zero-order valence-electron chi connectivity index (χ0n) is 12.4. The molecule has 0 unspecified atom stereocenters. The minimum Gasteiger partial charge on any atom is -0.496 e. The Bertz CT molecular complexity index is 899. The molecule has 0 saturated heterocycles. The molecule has 3 rings (SSSR count). The zero-order chi connectivity index (χ0) is 17.1. The fourth-order valence-electron chi connectivity index (χ4n) is 2.04. The van der Waals surface area contributed by atoms with E-state index in [-0.39, 0.29) is 10.9 Å². The average Bonchev–Trinajstić information content (AvgIpc) is 3.03. The van der Waals surface area contributed by atoms with Gasteiger partial charge in [0, 0.05) is 5.02 Å². The molecule has 0 radical (unpaired) electrons. The first-order valence-corrected chi connectivity index (χ1v) is 8.39. The third kappa shape index (κ3) is 3.51. The number of benzene rings is 2. The molecule has 0 aliphatic carbocycles. The van der Waals surface area contributed by atoms with Crippen molar-refractivity contribution in [3.05, 3.63) is 58.1 Å². The number of methoxy groups -OCH3 is 1. The Morgan fingerprint density at radius 2 is 1.96 bits per heavy atom. The van der Waals surface area contributed by atoms with Gasteiger partial charge in [-0.05, 0) is 30.3 Å². The average molecular weight is 380 g/mol. The van der Waals surface area contributed by atoms with Gasteiger partial charge in [0.1, 0.15) is 5.75 Å². The summed E-state index contributed by atoms with van der Waals surface area (Å²) < 4.78 is 5.31. The molecule has 0 bridgehead atoms. The molecule has 5 nitrogen and oxygen atoms in total. The molecule has 2 aromatic carbocycles. The molecule has 0 spiro atoms. The second-order valence-electron chi connectivity index (χ2n) is 4.69. The molecular weight excluding hydrogens is 369 g/mol. The topological polar surface area (TPSA) is 64.1 Å². The van der Waals surface area contributed by atoms with Crippen LogP contribution in [0.5, 0.6) is 5.75 Å². The fraction of sp³-hybridized carbons (Fsp3) is 0.0625. The van der Waals surface area contributed by atoms with E-state index in [0.29, 0.717) is 26.5 Å². The molecule has 1 heterocycles. The predicted molar refractivity (Wildman–Crippen MR) is 96.3 cm³/mol. The van der Waals surface area contributed by atoms with E-state index in [4.69, 9.17) is 27.9 Å². The van der Waals surface area contributed by atoms with Crippen molar-refractivity contribution in [2.24, 2.45) is 0 Å². The van der Waals surface area contributed by atoms with E-state index < -0.39 is 0 Å². The van der Waals surface area contributed by atoms with E-state index in [1.54, 1.807) is 19.2 Å². The lowest BCUT2D eigenvalue weighted by Gasteiger charge is -2.04. The predicted octanol–water partition coefficient (Wildman–Crippen LogP) is 4.77. The van der Waals surface area contributed by atoms with E-state index in [1.807, 2.05) is 24.3 Å². The molecule has 1 N–H and O–H groups in total. The van der Waals surface area contributed by atoms with Crippen molar-refractivity contribution in [2.75, 3.05) is 12.4 Å². The first kappa shape index (κ1) is 16.7. The largest absolute Gasteiger partial charge is 0.496 e. The number of halogens is 2. The van der Waals surface area contributed by atoms with Crippen LogP contribution in [0.2, 0.25) is 10.0 Å². The summed E-state index contributed by atoms with van der Waals surface area (Å²) in [5, 5.41) is 12.5. The summed E-state index contributed by atoms with van der Waals surface area (Å²) in [6.07, 6.45) is 0. The fourth-order valence-corrected chi connectivity index (χ4v) is 3.31. The maximum absolute atomic E-state index is 12.3. The summed E-state index contributed by atoms with van der Waals surface area (Å²) in [7, 11) is 1.59.